The number of benzene rings is 2. The third-order valence-electron chi connectivity index (χ3n) is 3.60. The van der Waals surface area contributed by atoms with Gasteiger partial charge in [-0.25, -0.2) is 0 Å². The molecule has 0 heterocycles. The molecule has 0 unspecified atom stereocenters. The first-order valence-electron chi connectivity index (χ1n) is 7.67. The van der Waals surface area contributed by atoms with E-state index in [-0.39, 0.29) is 10.5 Å². The van der Waals surface area contributed by atoms with E-state index in [4.69, 9.17) is 0 Å². The van der Waals surface area contributed by atoms with Gasteiger partial charge >= 0.3 is 16.3 Å². The van der Waals surface area contributed by atoms with E-state index >= 15 is 0 Å². The molecule has 0 saturated heterocycles. The maximum atomic E-state index is 13.5. The normalized spacial score (nSPS) is 13.1. The molecule has 0 aromatic heterocycles. The highest BCUT2D eigenvalue weighted by Gasteiger charge is 2.42. The number of alkyl halides is 3. The minimum Gasteiger partial charge on any atom is -0.378 e. The standard InChI is InChI=1S/C18H17BrF3NO3S/c1-12-4-10-15(11-5-12)27(24,25)26-17(18(20,21)22)16(19)13-6-8-14(9-7-13)23(2)3/h4-11H,1-3H3/b17-16+. The van der Waals surface area contributed by atoms with Crippen LogP contribution in [0.5, 0.6) is 0 Å². The Morgan fingerprint density at radius 2 is 1.52 bits per heavy atom. The van der Waals surface area contributed by atoms with Gasteiger partial charge in [0.15, 0.2) is 0 Å². The Bertz CT molecular complexity index is 935. The molecule has 2 aromatic carbocycles. The van der Waals surface area contributed by atoms with Crippen LogP contribution in [0.25, 0.3) is 4.48 Å². The molecule has 2 aromatic rings. The van der Waals surface area contributed by atoms with Crippen molar-refractivity contribution in [2.75, 3.05) is 19.0 Å². The fourth-order valence-corrected chi connectivity index (χ4v) is 3.75. The Labute approximate surface area is 164 Å². The Morgan fingerprint density at radius 1 is 1.00 bits per heavy atom. The number of hydrogen-bond donors (Lipinski definition) is 0. The first-order valence-corrected chi connectivity index (χ1v) is 9.88. The number of nitrogens with zero attached hydrogens (tertiary/aromatic N) is 1. The lowest BCUT2D eigenvalue weighted by Crippen LogP contribution is -2.20. The smallest absolute Gasteiger partial charge is 0.378 e. The average molecular weight is 464 g/mol. The summed E-state index contributed by atoms with van der Waals surface area (Å²) in [5.74, 6) is -1.64. The average Bonchev–Trinajstić information content (AvgIpc) is 2.58. The SMILES string of the molecule is Cc1ccc(S(=O)(=O)O/C(=C(/Br)c2ccc(N(C)C)cc2)C(F)(F)F)cc1. The van der Waals surface area contributed by atoms with Crippen LogP contribution in [0, 0.1) is 6.92 Å². The van der Waals surface area contributed by atoms with Crippen molar-refractivity contribution in [2.45, 2.75) is 18.0 Å². The molecule has 0 N–H and O–H groups in total. The van der Waals surface area contributed by atoms with Crippen molar-refractivity contribution >= 4 is 36.2 Å². The van der Waals surface area contributed by atoms with Gasteiger partial charge in [-0.2, -0.15) is 21.6 Å². The lowest BCUT2D eigenvalue weighted by Gasteiger charge is -2.17. The van der Waals surface area contributed by atoms with Crippen LogP contribution in [-0.2, 0) is 14.3 Å². The molecule has 0 radical (unpaired) electrons. The van der Waals surface area contributed by atoms with Crippen LogP contribution in [0.3, 0.4) is 0 Å². The highest BCUT2D eigenvalue weighted by molar-refractivity contribution is 9.15. The summed E-state index contributed by atoms with van der Waals surface area (Å²) >= 11 is 2.84. The zero-order chi connectivity index (χ0) is 20.4. The molecule has 0 aliphatic carbocycles. The summed E-state index contributed by atoms with van der Waals surface area (Å²) in [7, 11) is -1.07. The molecule has 9 heteroatoms. The van der Waals surface area contributed by atoms with E-state index in [2.05, 4.69) is 20.1 Å². The molecule has 0 atom stereocenters. The van der Waals surface area contributed by atoms with Crippen molar-refractivity contribution in [1.29, 1.82) is 0 Å². The van der Waals surface area contributed by atoms with Gasteiger partial charge in [0.2, 0.25) is 5.76 Å². The van der Waals surface area contributed by atoms with E-state index in [0.717, 1.165) is 11.3 Å². The molecular weight excluding hydrogens is 447 g/mol. The van der Waals surface area contributed by atoms with Crippen molar-refractivity contribution in [3.05, 3.63) is 65.4 Å². The van der Waals surface area contributed by atoms with Crippen molar-refractivity contribution < 1.29 is 25.8 Å². The van der Waals surface area contributed by atoms with Gasteiger partial charge in [-0.15, -0.1) is 0 Å². The van der Waals surface area contributed by atoms with Crippen molar-refractivity contribution in [3.8, 4) is 0 Å². The van der Waals surface area contributed by atoms with Crippen LogP contribution in [0.1, 0.15) is 11.1 Å². The number of allylic oxidation sites excluding steroid dienone is 1. The van der Waals surface area contributed by atoms with E-state index in [0.29, 0.717) is 0 Å². The summed E-state index contributed by atoms with van der Waals surface area (Å²) in [4.78, 5) is 1.42. The summed E-state index contributed by atoms with van der Waals surface area (Å²) in [6.45, 7) is 1.73. The van der Waals surface area contributed by atoms with E-state index in [1.54, 1.807) is 38.1 Å². The van der Waals surface area contributed by atoms with Gasteiger partial charge in [0.25, 0.3) is 0 Å². The molecule has 146 valence electrons. The van der Waals surface area contributed by atoms with Gasteiger partial charge in [0, 0.05) is 19.8 Å². The van der Waals surface area contributed by atoms with Crippen molar-refractivity contribution in [1.82, 2.24) is 0 Å². The summed E-state index contributed by atoms with van der Waals surface area (Å²) in [6, 6.07) is 11.4. The Hall–Kier alpha value is -2.00. The lowest BCUT2D eigenvalue weighted by molar-refractivity contribution is -0.114. The minimum atomic E-state index is -5.02. The largest absolute Gasteiger partial charge is 0.451 e. The fraction of sp³-hybridized carbons (Fsp3) is 0.222. The second-order valence-electron chi connectivity index (χ2n) is 5.93. The second kappa shape index (κ2) is 7.93. The summed E-state index contributed by atoms with van der Waals surface area (Å²) in [5.41, 5.74) is 1.68. The first-order chi connectivity index (χ1) is 12.4. The maximum absolute atomic E-state index is 13.5. The third kappa shape index (κ3) is 5.26. The Balaban J connectivity index is 2.48. The summed E-state index contributed by atoms with van der Waals surface area (Å²) < 4.78 is 69.0. The molecule has 27 heavy (non-hydrogen) atoms. The maximum Gasteiger partial charge on any atom is 0.451 e. The molecule has 0 aliphatic rings. The Morgan fingerprint density at radius 3 is 1.96 bits per heavy atom. The predicted molar refractivity (Wildman–Crippen MR) is 102 cm³/mol. The van der Waals surface area contributed by atoms with Gasteiger partial charge < -0.3 is 9.08 Å². The molecule has 4 nitrogen and oxygen atoms in total. The number of hydrogen-bond acceptors (Lipinski definition) is 4. The molecule has 0 spiro atoms. The van der Waals surface area contributed by atoms with E-state index in [9.17, 15) is 21.6 Å². The molecule has 0 aliphatic heterocycles. The molecular formula is C18H17BrF3NO3S. The van der Waals surface area contributed by atoms with E-state index < -0.39 is 26.5 Å². The molecule has 2 rings (SSSR count). The van der Waals surface area contributed by atoms with Gasteiger partial charge in [0.1, 0.15) is 4.90 Å². The van der Waals surface area contributed by atoms with Crippen LogP contribution in [0.4, 0.5) is 18.9 Å². The zero-order valence-corrected chi connectivity index (χ0v) is 17.1. The van der Waals surface area contributed by atoms with Crippen LogP contribution in [0.15, 0.2) is 59.2 Å². The predicted octanol–water partition coefficient (Wildman–Crippen LogP) is 5.09. The molecule has 0 fully saturated rings. The molecule has 0 saturated carbocycles. The minimum absolute atomic E-state index is 0.132. The van der Waals surface area contributed by atoms with Gasteiger partial charge in [-0.05, 0) is 52.7 Å². The first kappa shape index (κ1) is 21.3. The third-order valence-corrected chi connectivity index (χ3v) is 5.65. The van der Waals surface area contributed by atoms with Crippen LogP contribution >= 0.6 is 15.9 Å². The zero-order valence-electron chi connectivity index (χ0n) is 14.7. The molecule has 0 amide bonds. The monoisotopic (exact) mass is 463 g/mol. The van der Waals surface area contributed by atoms with Crippen LogP contribution < -0.4 is 4.90 Å². The van der Waals surface area contributed by atoms with Crippen molar-refractivity contribution in [2.24, 2.45) is 0 Å². The summed E-state index contributed by atoms with van der Waals surface area (Å²) in [6.07, 6.45) is -5.02. The summed E-state index contributed by atoms with van der Waals surface area (Å²) in [5, 5.41) is 0. The topological polar surface area (TPSA) is 46.6 Å². The van der Waals surface area contributed by atoms with Crippen LogP contribution in [-0.4, -0.2) is 28.7 Å². The molecule has 0 bridgehead atoms. The highest BCUT2D eigenvalue weighted by atomic mass is 79.9. The van der Waals surface area contributed by atoms with E-state index in [1.807, 2.05) is 0 Å². The highest BCUT2D eigenvalue weighted by Crippen LogP contribution is 2.38. The van der Waals surface area contributed by atoms with Gasteiger partial charge in [-0.1, -0.05) is 29.8 Å². The number of rotatable bonds is 5. The number of aryl methyl sites for hydroxylation is 1. The number of halogens is 4. The van der Waals surface area contributed by atoms with Gasteiger partial charge in [0.05, 0.1) is 4.48 Å². The second-order valence-corrected chi connectivity index (χ2v) is 8.27. The number of anilines is 1. The lowest BCUT2D eigenvalue weighted by atomic mass is 10.1. The van der Waals surface area contributed by atoms with Crippen LogP contribution in [0.2, 0.25) is 0 Å². The Kier molecular flexibility index (Phi) is 6.26. The quantitative estimate of drug-likeness (QED) is 0.457. The van der Waals surface area contributed by atoms with Crippen molar-refractivity contribution in [3.63, 3.8) is 0 Å². The van der Waals surface area contributed by atoms with E-state index in [1.165, 1.54) is 36.4 Å². The fourth-order valence-electron chi connectivity index (χ4n) is 2.11. The van der Waals surface area contributed by atoms with Gasteiger partial charge in [-0.3, -0.25) is 0 Å².